The van der Waals surface area contributed by atoms with Crippen LogP contribution in [0.3, 0.4) is 0 Å². The molecule has 1 aliphatic rings. The zero-order valence-electron chi connectivity index (χ0n) is 13.7. The average molecular weight is 337 g/mol. The van der Waals surface area contributed by atoms with Crippen molar-refractivity contribution >= 4 is 17.1 Å². The molecule has 1 fully saturated rings. The Labute approximate surface area is 144 Å². The van der Waals surface area contributed by atoms with Crippen LogP contribution in [0, 0.1) is 0 Å². The second-order valence-corrected chi connectivity index (χ2v) is 6.13. The van der Waals surface area contributed by atoms with E-state index >= 15 is 0 Å². The molecule has 3 aromatic heterocycles. The maximum atomic E-state index is 11.9. The summed E-state index contributed by atoms with van der Waals surface area (Å²) in [5.74, 6) is -0.492. The molecule has 0 aromatic carbocycles. The smallest absolute Gasteiger partial charge is 0.252 e. The van der Waals surface area contributed by atoms with Crippen LogP contribution in [-0.2, 0) is 4.74 Å². The number of primary amides is 1. The summed E-state index contributed by atoms with van der Waals surface area (Å²) in [7, 11) is 0. The number of ether oxygens (including phenoxy) is 1. The van der Waals surface area contributed by atoms with E-state index in [9.17, 15) is 4.79 Å². The van der Waals surface area contributed by atoms with Gasteiger partial charge in [-0.05, 0) is 25.0 Å². The SMILES string of the molecule is NC(=O)c1cnn2cc(-c3cccnc3)cc2c1NC1CCOCC1. The number of anilines is 1. The predicted octanol–water partition coefficient (Wildman–Crippen LogP) is 2.09. The third kappa shape index (κ3) is 3.06. The third-order valence-electron chi connectivity index (χ3n) is 4.47. The van der Waals surface area contributed by atoms with Gasteiger partial charge in [0.05, 0.1) is 23.0 Å². The fraction of sp³-hybridized carbons (Fsp3) is 0.278. The molecule has 3 N–H and O–H groups in total. The van der Waals surface area contributed by atoms with Crippen LogP contribution in [0.25, 0.3) is 16.6 Å². The molecule has 0 spiro atoms. The monoisotopic (exact) mass is 337 g/mol. The van der Waals surface area contributed by atoms with Crippen LogP contribution >= 0.6 is 0 Å². The van der Waals surface area contributed by atoms with E-state index in [1.807, 2.05) is 24.4 Å². The normalized spacial score (nSPS) is 15.4. The molecule has 128 valence electrons. The van der Waals surface area contributed by atoms with E-state index in [1.54, 1.807) is 16.9 Å². The van der Waals surface area contributed by atoms with Gasteiger partial charge in [0.15, 0.2) is 0 Å². The van der Waals surface area contributed by atoms with Crippen LogP contribution < -0.4 is 11.1 Å². The largest absolute Gasteiger partial charge is 0.381 e. The van der Waals surface area contributed by atoms with Crippen LogP contribution in [0.4, 0.5) is 5.69 Å². The van der Waals surface area contributed by atoms with E-state index in [-0.39, 0.29) is 6.04 Å². The highest BCUT2D eigenvalue weighted by Crippen LogP contribution is 2.29. The first kappa shape index (κ1) is 15.6. The number of hydrogen-bond donors (Lipinski definition) is 2. The number of carbonyl (C=O) groups excluding carboxylic acids is 1. The van der Waals surface area contributed by atoms with Gasteiger partial charge in [0.25, 0.3) is 5.91 Å². The van der Waals surface area contributed by atoms with Gasteiger partial charge in [0, 0.05) is 49.0 Å². The fourth-order valence-corrected chi connectivity index (χ4v) is 3.13. The maximum Gasteiger partial charge on any atom is 0.252 e. The lowest BCUT2D eigenvalue weighted by atomic mass is 10.1. The number of hydrogen-bond acceptors (Lipinski definition) is 5. The second-order valence-electron chi connectivity index (χ2n) is 6.13. The van der Waals surface area contributed by atoms with E-state index < -0.39 is 5.91 Å². The minimum atomic E-state index is -0.492. The molecular weight excluding hydrogens is 318 g/mol. The number of rotatable bonds is 4. The van der Waals surface area contributed by atoms with Crippen LogP contribution in [0.15, 0.2) is 43.0 Å². The Hall–Kier alpha value is -2.93. The molecule has 25 heavy (non-hydrogen) atoms. The lowest BCUT2D eigenvalue weighted by Crippen LogP contribution is -2.29. The highest BCUT2D eigenvalue weighted by atomic mass is 16.5. The first-order chi connectivity index (χ1) is 12.2. The Kier molecular flexibility index (Phi) is 4.07. The van der Waals surface area contributed by atoms with Crippen molar-refractivity contribution in [1.29, 1.82) is 0 Å². The van der Waals surface area contributed by atoms with Gasteiger partial charge in [0.1, 0.15) is 0 Å². The molecule has 0 bridgehead atoms. The first-order valence-electron chi connectivity index (χ1n) is 8.28. The summed E-state index contributed by atoms with van der Waals surface area (Å²) in [5, 5.41) is 7.81. The molecule has 0 aliphatic carbocycles. The molecule has 7 nitrogen and oxygen atoms in total. The van der Waals surface area contributed by atoms with Gasteiger partial charge in [0.2, 0.25) is 0 Å². The van der Waals surface area contributed by atoms with E-state index in [4.69, 9.17) is 10.5 Å². The van der Waals surface area contributed by atoms with Crippen molar-refractivity contribution in [3.8, 4) is 11.1 Å². The summed E-state index contributed by atoms with van der Waals surface area (Å²) in [5.41, 5.74) is 9.49. The van der Waals surface area contributed by atoms with E-state index in [0.29, 0.717) is 18.8 Å². The Morgan fingerprint density at radius 1 is 1.28 bits per heavy atom. The average Bonchev–Trinajstić information content (AvgIpc) is 3.08. The highest BCUT2D eigenvalue weighted by Gasteiger charge is 2.20. The number of carbonyl (C=O) groups is 1. The minimum Gasteiger partial charge on any atom is -0.381 e. The van der Waals surface area contributed by atoms with Crippen molar-refractivity contribution < 1.29 is 9.53 Å². The first-order valence-corrected chi connectivity index (χ1v) is 8.28. The topological polar surface area (TPSA) is 94.5 Å². The van der Waals surface area contributed by atoms with E-state index in [1.165, 1.54) is 6.20 Å². The van der Waals surface area contributed by atoms with E-state index in [0.717, 1.165) is 35.2 Å². The van der Waals surface area contributed by atoms with Gasteiger partial charge in [-0.1, -0.05) is 6.07 Å². The van der Waals surface area contributed by atoms with Gasteiger partial charge in [-0.2, -0.15) is 5.10 Å². The van der Waals surface area contributed by atoms with Gasteiger partial charge in [-0.25, -0.2) is 4.52 Å². The van der Waals surface area contributed by atoms with Crippen molar-refractivity contribution in [2.75, 3.05) is 18.5 Å². The molecule has 1 saturated heterocycles. The molecule has 7 heteroatoms. The zero-order chi connectivity index (χ0) is 17.2. The molecule has 4 rings (SSSR count). The number of aromatic nitrogens is 3. The van der Waals surface area contributed by atoms with Gasteiger partial charge in [-0.3, -0.25) is 9.78 Å². The summed E-state index contributed by atoms with van der Waals surface area (Å²) < 4.78 is 7.17. The lowest BCUT2D eigenvalue weighted by Gasteiger charge is -2.25. The number of nitrogens with zero attached hydrogens (tertiary/aromatic N) is 3. The Morgan fingerprint density at radius 3 is 2.84 bits per heavy atom. The van der Waals surface area contributed by atoms with Gasteiger partial charge >= 0.3 is 0 Å². The van der Waals surface area contributed by atoms with Gasteiger partial charge < -0.3 is 15.8 Å². The van der Waals surface area contributed by atoms with Crippen molar-refractivity contribution in [2.45, 2.75) is 18.9 Å². The molecule has 0 unspecified atom stereocenters. The number of nitrogens with one attached hydrogen (secondary N) is 1. The Morgan fingerprint density at radius 2 is 2.12 bits per heavy atom. The molecule has 1 amide bonds. The van der Waals surface area contributed by atoms with Crippen molar-refractivity contribution in [3.63, 3.8) is 0 Å². The standard InChI is InChI=1S/C18H19N5O2/c19-18(24)15-10-21-23-11-13(12-2-1-5-20-9-12)8-16(23)17(15)22-14-3-6-25-7-4-14/h1-2,5,8-11,14,22H,3-4,6-7H2,(H2,19,24). The molecule has 3 aromatic rings. The molecule has 0 radical (unpaired) electrons. The molecule has 4 heterocycles. The van der Waals surface area contributed by atoms with Crippen LogP contribution in [-0.4, -0.2) is 39.8 Å². The van der Waals surface area contributed by atoms with Crippen molar-refractivity contribution in [3.05, 3.63) is 48.5 Å². The molecule has 0 atom stereocenters. The highest BCUT2D eigenvalue weighted by molar-refractivity contribution is 6.02. The lowest BCUT2D eigenvalue weighted by molar-refractivity contribution is 0.0904. The number of amides is 1. The van der Waals surface area contributed by atoms with Crippen LogP contribution in [0.5, 0.6) is 0 Å². The molecule has 1 aliphatic heterocycles. The summed E-state index contributed by atoms with van der Waals surface area (Å²) >= 11 is 0. The number of pyridine rings is 1. The summed E-state index contributed by atoms with van der Waals surface area (Å²) in [4.78, 5) is 16.0. The summed E-state index contributed by atoms with van der Waals surface area (Å²) in [6, 6.07) is 6.12. The van der Waals surface area contributed by atoms with Crippen molar-refractivity contribution in [2.24, 2.45) is 5.73 Å². The molecule has 0 saturated carbocycles. The zero-order valence-corrected chi connectivity index (χ0v) is 13.7. The maximum absolute atomic E-state index is 11.9. The Bertz CT molecular complexity index is 900. The summed E-state index contributed by atoms with van der Waals surface area (Å²) in [6.07, 6.45) is 8.76. The Balaban J connectivity index is 1.80. The second kappa shape index (κ2) is 6.52. The quantitative estimate of drug-likeness (QED) is 0.760. The number of fused-ring (bicyclic) bond motifs is 1. The van der Waals surface area contributed by atoms with Crippen molar-refractivity contribution in [1.82, 2.24) is 14.6 Å². The fourth-order valence-electron chi connectivity index (χ4n) is 3.13. The third-order valence-corrected chi connectivity index (χ3v) is 4.47. The number of nitrogens with two attached hydrogens (primary N) is 1. The predicted molar refractivity (Wildman–Crippen MR) is 94.4 cm³/mol. The van der Waals surface area contributed by atoms with Crippen LogP contribution in [0.2, 0.25) is 0 Å². The summed E-state index contributed by atoms with van der Waals surface area (Å²) in [6.45, 7) is 1.43. The van der Waals surface area contributed by atoms with E-state index in [2.05, 4.69) is 15.4 Å². The molecular formula is C18H19N5O2. The van der Waals surface area contributed by atoms with Gasteiger partial charge in [-0.15, -0.1) is 0 Å². The minimum absolute atomic E-state index is 0.245. The van der Waals surface area contributed by atoms with Crippen LogP contribution in [0.1, 0.15) is 23.2 Å².